The fourth-order valence-corrected chi connectivity index (χ4v) is 3.15. The fourth-order valence-electron chi connectivity index (χ4n) is 3.15. The zero-order valence-electron chi connectivity index (χ0n) is 13.6. The Balaban J connectivity index is 1.41. The van der Waals surface area contributed by atoms with Crippen molar-refractivity contribution in [1.82, 2.24) is 15.1 Å². The molecule has 1 saturated heterocycles. The molecular weight excluding hydrogens is 274 g/mol. The van der Waals surface area contributed by atoms with Gasteiger partial charge in [-0.15, -0.1) is 10.2 Å². The third-order valence-electron chi connectivity index (χ3n) is 4.60. The highest BCUT2D eigenvalue weighted by Gasteiger charge is 2.20. The lowest BCUT2D eigenvalue weighted by Crippen LogP contribution is -2.33. The summed E-state index contributed by atoms with van der Waals surface area (Å²) in [4.78, 5) is 2.43. The summed E-state index contributed by atoms with van der Waals surface area (Å²) in [5.41, 5.74) is 2.81. The number of piperidine rings is 1. The van der Waals surface area contributed by atoms with Gasteiger partial charge in [0.15, 0.2) is 0 Å². The number of hydrogen-bond acceptors (Lipinski definition) is 4. The van der Waals surface area contributed by atoms with Crippen LogP contribution in [0.4, 0.5) is 0 Å². The maximum Gasteiger partial charge on any atom is 0.230 e. The summed E-state index contributed by atoms with van der Waals surface area (Å²) in [6.07, 6.45) is 5.06. The van der Waals surface area contributed by atoms with Gasteiger partial charge in [0.25, 0.3) is 0 Å². The maximum absolute atomic E-state index is 5.46. The van der Waals surface area contributed by atoms with Crippen LogP contribution in [0.5, 0.6) is 0 Å². The van der Waals surface area contributed by atoms with Gasteiger partial charge in [-0.25, -0.2) is 0 Å². The Labute approximate surface area is 132 Å². The topological polar surface area (TPSA) is 42.2 Å². The molecule has 0 spiro atoms. The third kappa shape index (κ3) is 4.17. The molecule has 0 unspecified atom stereocenters. The van der Waals surface area contributed by atoms with Crippen LogP contribution in [-0.2, 0) is 13.0 Å². The average Bonchev–Trinajstić information content (AvgIpc) is 2.93. The molecule has 0 radical (unpaired) electrons. The van der Waals surface area contributed by atoms with Gasteiger partial charge in [-0.2, -0.15) is 0 Å². The first-order valence-corrected chi connectivity index (χ1v) is 8.26. The van der Waals surface area contributed by atoms with E-state index in [4.69, 9.17) is 4.42 Å². The van der Waals surface area contributed by atoms with Crippen LogP contribution in [0.1, 0.15) is 42.2 Å². The van der Waals surface area contributed by atoms with E-state index in [1.165, 1.54) is 36.8 Å². The largest absolute Gasteiger partial charge is 0.424 e. The number of aromatic nitrogens is 2. The second-order valence-corrected chi connectivity index (χ2v) is 6.46. The summed E-state index contributed by atoms with van der Waals surface area (Å²) in [6, 6.07) is 8.96. The van der Waals surface area contributed by atoms with Crippen LogP contribution in [0.3, 0.4) is 0 Å². The molecule has 2 heterocycles. The van der Waals surface area contributed by atoms with Gasteiger partial charge in [-0.05, 0) is 57.2 Å². The van der Waals surface area contributed by atoms with Crippen molar-refractivity contribution in [3.63, 3.8) is 0 Å². The Kier molecular flexibility index (Phi) is 4.88. The molecule has 1 aliphatic heterocycles. The predicted octanol–water partition coefficient (Wildman–Crippen LogP) is 3.53. The highest BCUT2D eigenvalue weighted by Crippen LogP contribution is 2.23. The molecule has 0 saturated carbocycles. The van der Waals surface area contributed by atoms with E-state index in [2.05, 4.69) is 46.3 Å². The zero-order valence-corrected chi connectivity index (χ0v) is 13.6. The van der Waals surface area contributed by atoms with Crippen molar-refractivity contribution in [2.75, 3.05) is 13.1 Å². The van der Waals surface area contributed by atoms with Crippen LogP contribution in [0.2, 0.25) is 0 Å². The smallest absolute Gasteiger partial charge is 0.230 e. The van der Waals surface area contributed by atoms with Gasteiger partial charge in [0.2, 0.25) is 11.8 Å². The standard InChI is InChI=1S/C18H25N3O/c1-14-3-5-16(6-4-14)7-8-17-9-11-21(12-10-17)13-18-20-19-15(2)22-18/h3-6,17H,7-13H2,1-2H3. The minimum atomic E-state index is 0.656. The summed E-state index contributed by atoms with van der Waals surface area (Å²) < 4.78 is 5.46. The van der Waals surface area contributed by atoms with E-state index in [0.29, 0.717) is 5.89 Å². The number of hydrogen-bond donors (Lipinski definition) is 0. The average molecular weight is 299 g/mol. The van der Waals surface area contributed by atoms with Gasteiger partial charge < -0.3 is 4.42 Å². The Bertz CT molecular complexity index is 583. The highest BCUT2D eigenvalue weighted by molar-refractivity contribution is 5.21. The monoisotopic (exact) mass is 299 g/mol. The van der Waals surface area contributed by atoms with Crippen molar-refractivity contribution in [1.29, 1.82) is 0 Å². The zero-order chi connectivity index (χ0) is 15.4. The SMILES string of the molecule is Cc1ccc(CCC2CCN(Cc3nnc(C)o3)CC2)cc1. The Morgan fingerprint density at radius 1 is 1.09 bits per heavy atom. The van der Waals surface area contributed by atoms with Crippen molar-refractivity contribution >= 4 is 0 Å². The molecular formula is C18H25N3O. The van der Waals surface area contributed by atoms with Gasteiger partial charge in [0.1, 0.15) is 0 Å². The number of rotatable bonds is 5. The number of likely N-dealkylation sites (tertiary alicyclic amines) is 1. The van der Waals surface area contributed by atoms with Crippen molar-refractivity contribution < 1.29 is 4.42 Å². The van der Waals surface area contributed by atoms with Gasteiger partial charge in [-0.1, -0.05) is 29.8 Å². The second kappa shape index (κ2) is 7.05. The molecule has 22 heavy (non-hydrogen) atoms. The third-order valence-corrected chi connectivity index (χ3v) is 4.60. The first-order chi connectivity index (χ1) is 10.7. The Hall–Kier alpha value is -1.68. The molecule has 1 aliphatic rings. The normalized spacial score (nSPS) is 17.0. The molecule has 1 fully saturated rings. The van der Waals surface area contributed by atoms with Crippen LogP contribution in [0, 0.1) is 19.8 Å². The molecule has 0 N–H and O–H groups in total. The van der Waals surface area contributed by atoms with Gasteiger partial charge in [0.05, 0.1) is 6.54 Å². The Morgan fingerprint density at radius 2 is 1.82 bits per heavy atom. The van der Waals surface area contributed by atoms with Crippen molar-refractivity contribution in [3.05, 3.63) is 47.2 Å². The number of aryl methyl sites for hydroxylation is 3. The van der Waals surface area contributed by atoms with Gasteiger partial charge in [-0.3, -0.25) is 4.90 Å². The van der Waals surface area contributed by atoms with Gasteiger partial charge in [0, 0.05) is 6.92 Å². The Morgan fingerprint density at radius 3 is 2.45 bits per heavy atom. The molecule has 118 valence electrons. The lowest BCUT2D eigenvalue weighted by atomic mass is 9.90. The molecule has 0 atom stereocenters. The van der Waals surface area contributed by atoms with E-state index in [-0.39, 0.29) is 0 Å². The molecule has 4 nitrogen and oxygen atoms in total. The van der Waals surface area contributed by atoms with Crippen LogP contribution in [0.25, 0.3) is 0 Å². The summed E-state index contributed by atoms with van der Waals surface area (Å²) in [6.45, 7) is 7.06. The van der Waals surface area contributed by atoms with E-state index >= 15 is 0 Å². The summed E-state index contributed by atoms with van der Waals surface area (Å²) in [5, 5.41) is 7.98. The molecule has 2 aromatic rings. The van der Waals surface area contributed by atoms with E-state index in [1.54, 1.807) is 0 Å². The summed E-state index contributed by atoms with van der Waals surface area (Å²) in [5.74, 6) is 2.25. The van der Waals surface area contributed by atoms with Crippen LogP contribution < -0.4 is 0 Å². The molecule has 0 bridgehead atoms. The van der Waals surface area contributed by atoms with E-state index in [0.717, 1.165) is 31.4 Å². The maximum atomic E-state index is 5.46. The first kappa shape index (κ1) is 15.2. The predicted molar refractivity (Wildman–Crippen MR) is 86.5 cm³/mol. The molecule has 4 heteroatoms. The quantitative estimate of drug-likeness (QED) is 0.847. The lowest BCUT2D eigenvalue weighted by Gasteiger charge is -2.31. The highest BCUT2D eigenvalue weighted by atomic mass is 16.4. The first-order valence-electron chi connectivity index (χ1n) is 8.26. The minimum Gasteiger partial charge on any atom is -0.424 e. The fraction of sp³-hybridized carbons (Fsp3) is 0.556. The molecule has 3 rings (SSSR count). The summed E-state index contributed by atoms with van der Waals surface area (Å²) in [7, 11) is 0. The summed E-state index contributed by atoms with van der Waals surface area (Å²) >= 11 is 0. The van der Waals surface area contributed by atoms with Crippen LogP contribution in [0.15, 0.2) is 28.7 Å². The molecule has 1 aromatic carbocycles. The minimum absolute atomic E-state index is 0.656. The molecule has 0 aliphatic carbocycles. The number of nitrogens with zero attached hydrogens (tertiary/aromatic N) is 3. The second-order valence-electron chi connectivity index (χ2n) is 6.46. The van der Waals surface area contributed by atoms with Crippen LogP contribution in [-0.4, -0.2) is 28.2 Å². The van der Waals surface area contributed by atoms with Crippen LogP contribution >= 0.6 is 0 Å². The van der Waals surface area contributed by atoms with E-state index < -0.39 is 0 Å². The van der Waals surface area contributed by atoms with Crippen molar-refractivity contribution in [2.45, 2.75) is 46.1 Å². The van der Waals surface area contributed by atoms with Gasteiger partial charge >= 0.3 is 0 Å². The number of benzene rings is 1. The van der Waals surface area contributed by atoms with Crippen molar-refractivity contribution in [2.24, 2.45) is 5.92 Å². The molecule has 1 aromatic heterocycles. The van der Waals surface area contributed by atoms with Crippen molar-refractivity contribution in [3.8, 4) is 0 Å². The molecule has 0 amide bonds. The lowest BCUT2D eigenvalue weighted by molar-refractivity contribution is 0.159. The van der Waals surface area contributed by atoms with E-state index in [1.807, 2.05) is 6.92 Å². The van der Waals surface area contributed by atoms with E-state index in [9.17, 15) is 0 Å².